The van der Waals surface area contributed by atoms with Crippen molar-refractivity contribution in [3.8, 4) is 0 Å². The van der Waals surface area contributed by atoms with Gasteiger partial charge >= 0.3 is 0 Å². The van der Waals surface area contributed by atoms with Gasteiger partial charge in [0.25, 0.3) is 5.91 Å². The lowest BCUT2D eigenvalue weighted by Gasteiger charge is -2.10. The second-order valence-corrected chi connectivity index (χ2v) is 5.38. The molecular formula is C16H16N2O2S. The third-order valence-corrected chi connectivity index (χ3v) is 3.64. The normalized spacial score (nSPS) is 9.90. The van der Waals surface area contributed by atoms with Gasteiger partial charge in [-0.1, -0.05) is 24.3 Å². The molecule has 2 amide bonds. The van der Waals surface area contributed by atoms with Crippen LogP contribution >= 0.6 is 11.3 Å². The number of anilines is 1. The third-order valence-electron chi connectivity index (χ3n) is 2.77. The van der Waals surface area contributed by atoms with Gasteiger partial charge in [0.2, 0.25) is 5.91 Å². The van der Waals surface area contributed by atoms with Gasteiger partial charge < -0.3 is 10.6 Å². The Balaban J connectivity index is 2.07. The Morgan fingerprint density at radius 3 is 2.71 bits per heavy atom. The van der Waals surface area contributed by atoms with E-state index in [1.807, 2.05) is 17.5 Å². The van der Waals surface area contributed by atoms with Crippen LogP contribution in [0.2, 0.25) is 0 Å². The Bertz CT molecular complexity index is 635. The van der Waals surface area contributed by atoms with E-state index < -0.39 is 0 Å². The maximum Gasteiger partial charge on any atom is 0.253 e. The monoisotopic (exact) mass is 300 g/mol. The van der Waals surface area contributed by atoms with Gasteiger partial charge in [-0.15, -0.1) is 17.9 Å². The molecule has 2 rings (SSSR count). The van der Waals surface area contributed by atoms with E-state index in [4.69, 9.17) is 0 Å². The molecule has 1 heterocycles. The van der Waals surface area contributed by atoms with E-state index >= 15 is 0 Å². The number of carbonyl (C=O) groups excluding carboxylic acids is 2. The van der Waals surface area contributed by atoms with Crippen LogP contribution in [0.4, 0.5) is 5.69 Å². The highest BCUT2D eigenvalue weighted by atomic mass is 32.1. The standard InChI is InChI=1S/C16H16N2O2S/c1-2-9-17-16(20)13-7-3-4-8-14(13)18-15(19)11-12-6-5-10-21-12/h2-8,10H,1,9,11H2,(H,17,20)(H,18,19). The van der Waals surface area contributed by atoms with Gasteiger partial charge in [0.15, 0.2) is 0 Å². The molecular weight excluding hydrogens is 284 g/mol. The molecule has 5 heteroatoms. The summed E-state index contributed by atoms with van der Waals surface area (Å²) in [5.74, 6) is -0.372. The number of nitrogens with one attached hydrogen (secondary N) is 2. The van der Waals surface area contributed by atoms with Crippen molar-refractivity contribution in [3.05, 3.63) is 64.9 Å². The van der Waals surface area contributed by atoms with Crippen LogP contribution in [-0.4, -0.2) is 18.4 Å². The first-order valence-corrected chi connectivity index (χ1v) is 7.39. The topological polar surface area (TPSA) is 58.2 Å². The Morgan fingerprint density at radius 2 is 2.00 bits per heavy atom. The van der Waals surface area contributed by atoms with Crippen molar-refractivity contribution < 1.29 is 9.59 Å². The van der Waals surface area contributed by atoms with Gasteiger partial charge in [0, 0.05) is 11.4 Å². The summed E-state index contributed by atoms with van der Waals surface area (Å²) >= 11 is 1.53. The summed E-state index contributed by atoms with van der Waals surface area (Å²) in [6.45, 7) is 3.94. The van der Waals surface area contributed by atoms with Gasteiger partial charge in [-0.05, 0) is 23.6 Å². The van der Waals surface area contributed by atoms with Crippen LogP contribution in [0.5, 0.6) is 0 Å². The molecule has 21 heavy (non-hydrogen) atoms. The molecule has 0 bridgehead atoms. The molecule has 0 atom stereocenters. The zero-order valence-electron chi connectivity index (χ0n) is 11.5. The van der Waals surface area contributed by atoms with Crippen molar-refractivity contribution in [2.24, 2.45) is 0 Å². The minimum absolute atomic E-state index is 0.138. The molecule has 2 aromatic rings. The maximum atomic E-state index is 12.0. The molecule has 0 aliphatic carbocycles. The molecule has 0 unspecified atom stereocenters. The maximum absolute atomic E-state index is 12.0. The Hall–Kier alpha value is -2.40. The first-order valence-electron chi connectivity index (χ1n) is 6.51. The molecule has 2 N–H and O–H groups in total. The summed E-state index contributed by atoms with van der Waals surface area (Å²) in [6.07, 6.45) is 1.91. The van der Waals surface area contributed by atoms with E-state index in [2.05, 4.69) is 17.2 Å². The van der Waals surface area contributed by atoms with Crippen molar-refractivity contribution in [3.63, 3.8) is 0 Å². The summed E-state index contributed by atoms with van der Waals surface area (Å²) in [5.41, 5.74) is 0.958. The minimum atomic E-state index is -0.234. The van der Waals surface area contributed by atoms with Crippen molar-refractivity contribution in [2.75, 3.05) is 11.9 Å². The van der Waals surface area contributed by atoms with Gasteiger partial charge in [-0.3, -0.25) is 9.59 Å². The molecule has 108 valence electrons. The first-order chi connectivity index (χ1) is 10.2. The van der Waals surface area contributed by atoms with Crippen molar-refractivity contribution in [2.45, 2.75) is 6.42 Å². The van der Waals surface area contributed by atoms with Crippen LogP contribution in [0.3, 0.4) is 0 Å². The minimum Gasteiger partial charge on any atom is -0.349 e. The Morgan fingerprint density at radius 1 is 1.19 bits per heavy atom. The van der Waals surface area contributed by atoms with Crippen LogP contribution in [0.1, 0.15) is 15.2 Å². The molecule has 0 fully saturated rings. The molecule has 1 aromatic carbocycles. The van der Waals surface area contributed by atoms with E-state index in [0.717, 1.165) is 4.88 Å². The average molecular weight is 300 g/mol. The number of hydrogen-bond acceptors (Lipinski definition) is 3. The lowest BCUT2D eigenvalue weighted by molar-refractivity contribution is -0.115. The van der Waals surface area contributed by atoms with Crippen LogP contribution in [-0.2, 0) is 11.2 Å². The highest BCUT2D eigenvalue weighted by Gasteiger charge is 2.12. The first kappa shape index (κ1) is 15.0. The average Bonchev–Trinajstić information content (AvgIpc) is 2.98. The smallest absolute Gasteiger partial charge is 0.253 e. The zero-order chi connectivity index (χ0) is 15.1. The number of para-hydroxylation sites is 1. The molecule has 4 nitrogen and oxygen atoms in total. The van der Waals surface area contributed by atoms with Crippen LogP contribution < -0.4 is 10.6 Å². The van der Waals surface area contributed by atoms with Crippen LogP contribution in [0.25, 0.3) is 0 Å². The SMILES string of the molecule is C=CCNC(=O)c1ccccc1NC(=O)Cc1cccs1. The zero-order valence-corrected chi connectivity index (χ0v) is 12.3. The lowest BCUT2D eigenvalue weighted by Crippen LogP contribution is -2.25. The quantitative estimate of drug-likeness (QED) is 0.806. The van der Waals surface area contributed by atoms with Crippen molar-refractivity contribution >= 4 is 28.8 Å². The van der Waals surface area contributed by atoms with Crippen molar-refractivity contribution in [1.29, 1.82) is 0 Å². The van der Waals surface area contributed by atoms with Gasteiger partial charge in [0.05, 0.1) is 17.7 Å². The number of carbonyl (C=O) groups is 2. The highest BCUT2D eigenvalue weighted by Crippen LogP contribution is 2.16. The van der Waals surface area contributed by atoms with E-state index in [9.17, 15) is 9.59 Å². The Labute approximate surface area is 127 Å². The lowest BCUT2D eigenvalue weighted by atomic mass is 10.1. The van der Waals surface area contributed by atoms with Crippen LogP contribution in [0, 0.1) is 0 Å². The fraction of sp³-hybridized carbons (Fsp3) is 0.125. The number of amides is 2. The predicted molar refractivity (Wildman–Crippen MR) is 85.6 cm³/mol. The van der Waals surface area contributed by atoms with Crippen molar-refractivity contribution in [1.82, 2.24) is 5.32 Å². The summed E-state index contributed by atoms with van der Waals surface area (Å²) in [5, 5.41) is 7.42. The molecule has 0 aliphatic rings. The summed E-state index contributed by atoms with van der Waals surface area (Å²) < 4.78 is 0. The molecule has 0 saturated heterocycles. The molecule has 0 spiro atoms. The molecule has 0 aliphatic heterocycles. The Kier molecular flexibility index (Phi) is 5.29. The fourth-order valence-corrected chi connectivity index (χ4v) is 2.52. The molecule has 0 saturated carbocycles. The third kappa shape index (κ3) is 4.29. The number of hydrogen-bond donors (Lipinski definition) is 2. The van der Waals surface area contributed by atoms with Crippen LogP contribution in [0.15, 0.2) is 54.4 Å². The molecule has 0 radical (unpaired) electrons. The van der Waals surface area contributed by atoms with E-state index in [1.54, 1.807) is 30.3 Å². The van der Waals surface area contributed by atoms with E-state index in [-0.39, 0.29) is 11.8 Å². The number of benzene rings is 1. The summed E-state index contributed by atoms with van der Waals surface area (Å²) in [6, 6.07) is 10.8. The van der Waals surface area contributed by atoms with Gasteiger partial charge in [-0.25, -0.2) is 0 Å². The summed E-state index contributed by atoms with van der Waals surface area (Å²) in [4.78, 5) is 25.0. The second kappa shape index (κ2) is 7.40. The fourth-order valence-electron chi connectivity index (χ4n) is 1.82. The van der Waals surface area contributed by atoms with Gasteiger partial charge in [-0.2, -0.15) is 0 Å². The number of thiophene rings is 1. The van der Waals surface area contributed by atoms with Gasteiger partial charge in [0.1, 0.15) is 0 Å². The molecule has 1 aromatic heterocycles. The second-order valence-electron chi connectivity index (χ2n) is 4.35. The predicted octanol–water partition coefficient (Wildman–Crippen LogP) is 2.85. The number of rotatable bonds is 6. The summed E-state index contributed by atoms with van der Waals surface area (Å²) in [7, 11) is 0. The van der Waals surface area contributed by atoms with E-state index in [1.165, 1.54) is 11.3 Å². The largest absolute Gasteiger partial charge is 0.349 e. The highest BCUT2D eigenvalue weighted by molar-refractivity contribution is 7.10. The van der Waals surface area contributed by atoms with E-state index in [0.29, 0.717) is 24.2 Å².